The number of nitrogens with one attached hydrogen (secondary N) is 2. The first-order valence-electron chi connectivity index (χ1n) is 12.4. The van der Waals surface area contributed by atoms with Crippen LogP contribution in [0, 0.1) is 6.92 Å². The largest absolute Gasteiger partial charge is 0.493 e. The lowest BCUT2D eigenvalue weighted by Crippen LogP contribution is -2.42. The molecule has 4 rings (SSSR count). The fraction of sp³-hybridized carbons (Fsp3) is 0.481. The van der Waals surface area contributed by atoms with E-state index in [1.807, 2.05) is 13.8 Å². The number of ether oxygens (including phenoxy) is 2. The Kier molecular flexibility index (Phi) is 8.38. The molecule has 0 saturated carbocycles. The van der Waals surface area contributed by atoms with Crippen molar-refractivity contribution in [1.82, 2.24) is 15.5 Å². The number of carbonyl (C=O) groups excluding carboxylic acids is 2. The number of aliphatic hydroxyl groups is 1. The first-order valence-corrected chi connectivity index (χ1v) is 12.4. The standard InChI is InChI=1S/C27H35N3O5/c1-3-35-25-15-23(27(33)30-8-10-34-11-9-30)18(2)12-24(25)26(32)29-17-22(31)16-28-21-13-19-6-4-5-7-20(19)14-21/h4-7,12,15,21-22,28,31H,3,8-11,13-14,16-17H2,1-2H3,(H,29,32). The molecule has 2 aromatic carbocycles. The Bertz CT molecular complexity index is 1030. The normalized spacial score (nSPS) is 16.6. The Morgan fingerprint density at radius 2 is 1.80 bits per heavy atom. The number of aliphatic hydroxyl groups excluding tert-OH is 1. The molecule has 0 bridgehead atoms. The summed E-state index contributed by atoms with van der Waals surface area (Å²) in [7, 11) is 0. The lowest BCUT2D eigenvalue weighted by atomic mass is 10.0. The number of morpholine rings is 1. The van der Waals surface area contributed by atoms with Crippen LogP contribution in [0.25, 0.3) is 0 Å². The van der Waals surface area contributed by atoms with Gasteiger partial charge in [0.1, 0.15) is 5.75 Å². The van der Waals surface area contributed by atoms with Gasteiger partial charge < -0.3 is 30.1 Å². The summed E-state index contributed by atoms with van der Waals surface area (Å²) < 4.78 is 11.1. The highest BCUT2D eigenvalue weighted by Gasteiger charge is 2.24. The Labute approximate surface area is 206 Å². The molecule has 1 atom stereocenters. The van der Waals surface area contributed by atoms with E-state index in [1.54, 1.807) is 17.0 Å². The molecule has 1 unspecified atom stereocenters. The van der Waals surface area contributed by atoms with E-state index in [1.165, 1.54) is 11.1 Å². The third kappa shape index (κ3) is 6.20. The number of nitrogens with zero attached hydrogens (tertiary/aromatic N) is 1. The number of benzene rings is 2. The predicted molar refractivity (Wildman–Crippen MR) is 133 cm³/mol. The highest BCUT2D eigenvalue weighted by atomic mass is 16.5. The third-order valence-corrected chi connectivity index (χ3v) is 6.59. The molecule has 188 valence electrons. The zero-order valence-electron chi connectivity index (χ0n) is 20.5. The maximum absolute atomic E-state index is 13.0. The molecule has 35 heavy (non-hydrogen) atoms. The summed E-state index contributed by atoms with van der Waals surface area (Å²) in [6.45, 7) is 6.66. The second-order valence-electron chi connectivity index (χ2n) is 9.15. The van der Waals surface area contributed by atoms with Gasteiger partial charge in [-0.05, 0) is 55.5 Å². The van der Waals surface area contributed by atoms with Crippen molar-refractivity contribution in [1.29, 1.82) is 0 Å². The van der Waals surface area contributed by atoms with Crippen molar-refractivity contribution < 1.29 is 24.2 Å². The van der Waals surface area contributed by atoms with Crippen LogP contribution in [0.4, 0.5) is 0 Å². The van der Waals surface area contributed by atoms with Crippen molar-refractivity contribution in [3.63, 3.8) is 0 Å². The van der Waals surface area contributed by atoms with E-state index >= 15 is 0 Å². The van der Waals surface area contributed by atoms with Gasteiger partial charge in [-0.25, -0.2) is 0 Å². The van der Waals surface area contributed by atoms with Gasteiger partial charge in [-0.1, -0.05) is 24.3 Å². The molecule has 2 aliphatic rings. The molecule has 0 aromatic heterocycles. The quantitative estimate of drug-likeness (QED) is 0.504. The summed E-state index contributed by atoms with van der Waals surface area (Å²) in [4.78, 5) is 27.7. The average molecular weight is 482 g/mol. The number of rotatable bonds is 9. The minimum atomic E-state index is -0.721. The van der Waals surface area contributed by atoms with Crippen molar-refractivity contribution in [2.45, 2.75) is 38.8 Å². The molecule has 2 amide bonds. The second kappa shape index (κ2) is 11.7. The number of hydrogen-bond donors (Lipinski definition) is 3. The van der Waals surface area contributed by atoms with Gasteiger partial charge >= 0.3 is 0 Å². The molecule has 1 aliphatic carbocycles. The van der Waals surface area contributed by atoms with Gasteiger partial charge in [0, 0.05) is 37.8 Å². The first kappa shape index (κ1) is 25.2. The molecule has 8 heteroatoms. The molecule has 0 radical (unpaired) electrons. The van der Waals surface area contributed by atoms with E-state index in [0.717, 1.165) is 12.8 Å². The van der Waals surface area contributed by atoms with Crippen LogP contribution in [-0.4, -0.2) is 80.0 Å². The number of amides is 2. The lowest BCUT2D eigenvalue weighted by Gasteiger charge is -2.27. The second-order valence-corrected chi connectivity index (χ2v) is 9.15. The van der Waals surface area contributed by atoms with E-state index in [2.05, 4.69) is 34.9 Å². The first-order chi connectivity index (χ1) is 17.0. The topological polar surface area (TPSA) is 100 Å². The van der Waals surface area contributed by atoms with E-state index in [4.69, 9.17) is 9.47 Å². The van der Waals surface area contributed by atoms with Crippen molar-refractivity contribution in [2.75, 3.05) is 46.0 Å². The van der Waals surface area contributed by atoms with Crippen molar-refractivity contribution in [3.05, 3.63) is 64.2 Å². The lowest BCUT2D eigenvalue weighted by molar-refractivity contribution is 0.0302. The Balaban J connectivity index is 1.34. The Hall–Kier alpha value is -2.94. The zero-order chi connectivity index (χ0) is 24.8. The minimum Gasteiger partial charge on any atom is -0.493 e. The molecular formula is C27H35N3O5. The molecule has 8 nitrogen and oxygen atoms in total. The van der Waals surface area contributed by atoms with Gasteiger partial charge in [0.2, 0.25) is 0 Å². The van der Waals surface area contributed by atoms with Gasteiger partial charge in [-0.3, -0.25) is 9.59 Å². The summed E-state index contributed by atoms with van der Waals surface area (Å²) >= 11 is 0. The maximum atomic E-state index is 13.0. The van der Waals surface area contributed by atoms with Crippen LogP contribution in [-0.2, 0) is 17.6 Å². The SMILES string of the molecule is CCOc1cc(C(=O)N2CCOCC2)c(C)cc1C(=O)NCC(O)CNC1Cc2ccccc2C1. The van der Waals surface area contributed by atoms with Crippen LogP contribution < -0.4 is 15.4 Å². The molecular weight excluding hydrogens is 446 g/mol. The summed E-state index contributed by atoms with van der Waals surface area (Å²) in [6.07, 6.45) is 1.17. The average Bonchev–Trinajstić information content (AvgIpc) is 3.30. The number of aryl methyl sites for hydroxylation is 1. The fourth-order valence-corrected chi connectivity index (χ4v) is 4.69. The maximum Gasteiger partial charge on any atom is 0.255 e. The zero-order valence-corrected chi connectivity index (χ0v) is 20.5. The number of fused-ring (bicyclic) bond motifs is 1. The third-order valence-electron chi connectivity index (χ3n) is 6.59. The molecule has 0 spiro atoms. The van der Waals surface area contributed by atoms with Gasteiger partial charge in [0.05, 0.1) is 31.5 Å². The summed E-state index contributed by atoms with van der Waals surface area (Å²) in [6, 6.07) is 12.0. The number of hydrogen-bond acceptors (Lipinski definition) is 6. The van der Waals surface area contributed by atoms with Crippen LogP contribution in [0.5, 0.6) is 5.75 Å². The summed E-state index contributed by atoms with van der Waals surface area (Å²) in [5.74, 6) is -0.0629. The van der Waals surface area contributed by atoms with Crippen molar-refractivity contribution >= 4 is 11.8 Å². The summed E-state index contributed by atoms with van der Waals surface area (Å²) in [5, 5.41) is 16.7. The highest BCUT2D eigenvalue weighted by Crippen LogP contribution is 2.26. The molecule has 1 aliphatic heterocycles. The molecule has 1 heterocycles. The fourth-order valence-electron chi connectivity index (χ4n) is 4.69. The highest BCUT2D eigenvalue weighted by molar-refractivity contribution is 6.01. The van der Waals surface area contributed by atoms with Crippen LogP contribution in [0.2, 0.25) is 0 Å². The van der Waals surface area contributed by atoms with Gasteiger partial charge in [-0.2, -0.15) is 0 Å². The minimum absolute atomic E-state index is 0.0886. The molecule has 2 aromatic rings. The Morgan fingerprint density at radius 3 is 2.46 bits per heavy atom. The van der Waals surface area contributed by atoms with Gasteiger partial charge in [0.15, 0.2) is 0 Å². The van der Waals surface area contributed by atoms with Crippen LogP contribution >= 0.6 is 0 Å². The predicted octanol–water partition coefficient (Wildman–Crippen LogP) is 1.71. The van der Waals surface area contributed by atoms with Gasteiger partial charge in [-0.15, -0.1) is 0 Å². The van der Waals surface area contributed by atoms with E-state index in [9.17, 15) is 14.7 Å². The molecule has 1 fully saturated rings. The monoisotopic (exact) mass is 481 g/mol. The van der Waals surface area contributed by atoms with Crippen molar-refractivity contribution in [2.24, 2.45) is 0 Å². The van der Waals surface area contributed by atoms with Crippen LogP contribution in [0.3, 0.4) is 0 Å². The van der Waals surface area contributed by atoms with Crippen LogP contribution in [0.15, 0.2) is 36.4 Å². The van der Waals surface area contributed by atoms with Gasteiger partial charge in [0.25, 0.3) is 11.8 Å². The molecule has 3 N–H and O–H groups in total. The van der Waals surface area contributed by atoms with E-state index in [-0.39, 0.29) is 18.4 Å². The smallest absolute Gasteiger partial charge is 0.255 e. The number of carbonyl (C=O) groups is 2. The van der Waals surface area contributed by atoms with E-state index < -0.39 is 6.10 Å². The summed E-state index contributed by atoms with van der Waals surface area (Å²) in [5.41, 5.74) is 4.28. The molecule has 1 saturated heterocycles. The van der Waals surface area contributed by atoms with Crippen LogP contribution in [0.1, 0.15) is 44.3 Å². The Morgan fingerprint density at radius 1 is 1.11 bits per heavy atom. The van der Waals surface area contributed by atoms with Crippen molar-refractivity contribution in [3.8, 4) is 5.75 Å². The van der Waals surface area contributed by atoms with E-state index in [0.29, 0.717) is 67.9 Å².